The fourth-order valence-corrected chi connectivity index (χ4v) is 4.86. The van der Waals surface area contributed by atoms with E-state index < -0.39 is 0 Å². The molecule has 0 spiro atoms. The number of likely N-dealkylation sites (tertiary alicyclic amines) is 2. The van der Waals surface area contributed by atoms with Gasteiger partial charge in [-0.2, -0.15) is 0 Å². The van der Waals surface area contributed by atoms with Crippen LogP contribution in [0.1, 0.15) is 57.6 Å². The third-order valence-electron chi connectivity index (χ3n) is 6.43. The predicted octanol–water partition coefficient (Wildman–Crippen LogP) is 4.13. The van der Waals surface area contributed by atoms with Crippen LogP contribution in [0.4, 0.5) is 0 Å². The number of furan rings is 1. The highest BCUT2D eigenvalue weighted by molar-refractivity contribution is 14.0. The molecule has 5 nitrogen and oxygen atoms in total. The van der Waals surface area contributed by atoms with E-state index in [-0.39, 0.29) is 24.0 Å². The lowest BCUT2D eigenvalue weighted by molar-refractivity contribution is 0.0369. The Morgan fingerprint density at radius 3 is 2.89 bits per heavy atom. The van der Waals surface area contributed by atoms with Crippen molar-refractivity contribution in [2.75, 3.05) is 32.7 Å². The zero-order valence-corrected chi connectivity index (χ0v) is 19.6. The molecule has 158 valence electrons. The second-order valence-corrected chi connectivity index (χ2v) is 8.49. The van der Waals surface area contributed by atoms with Gasteiger partial charge in [0.1, 0.15) is 5.76 Å². The lowest BCUT2D eigenvalue weighted by atomic mass is 9.83. The molecule has 28 heavy (non-hydrogen) atoms. The van der Waals surface area contributed by atoms with Crippen molar-refractivity contribution >= 4 is 29.9 Å². The second kappa shape index (κ2) is 10.9. The van der Waals surface area contributed by atoms with Gasteiger partial charge in [0.15, 0.2) is 5.96 Å². The van der Waals surface area contributed by atoms with E-state index >= 15 is 0 Å². The number of rotatable bonds is 7. The van der Waals surface area contributed by atoms with Gasteiger partial charge in [0, 0.05) is 44.7 Å². The van der Waals surface area contributed by atoms with Crippen LogP contribution in [0.5, 0.6) is 0 Å². The van der Waals surface area contributed by atoms with E-state index in [9.17, 15) is 0 Å². The summed E-state index contributed by atoms with van der Waals surface area (Å²) >= 11 is 0. The third-order valence-corrected chi connectivity index (χ3v) is 6.43. The minimum Gasteiger partial charge on any atom is -0.469 e. The number of aliphatic imine (C=N–C) groups is 1. The molecular weight excluding hydrogens is 463 g/mol. The van der Waals surface area contributed by atoms with Crippen LogP contribution in [-0.4, -0.2) is 60.6 Å². The van der Waals surface area contributed by atoms with E-state index in [0.717, 1.165) is 55.8 Å². The van der Waals surface area contributed by atoms with Gasteiger partial charge in [-0.25, -0.2) is 0 Å². The minimum absolute atomic E-state index is 0. The second-order valence-electron chi connectivity index (χ2n) is 8.49. The molecule has 1 aliphatic carbocycles. The number of nitrogens with zero attached hydrogens (tertiary/aromatic N) is 3. The molecule has 1 aromatic heterocycles. The SMILES string of the molecule is CCCCN=C(NCCc1ccco1)N1CCC2C(CCCN2C2CC2)C1.I. The number of halogens is 1. The van der Waals surface area contributed by atoms with Crippen LogP contribution in [0.3, 0.4) is 0 Å². The molecule has 3 aliphatic rings. The summed E-state index contributed by atoms with van der Waals surface area (Å²) in [6, 6.07) is 5.75. The predicted molar refractivity (Wildman–Crippen MR) is 125 cm³/mol. The molecule has 2 aliphatic heterocycles. The Labute approximate surface area is 187 Å². The molecule has 2 saturated heterocycles. The summed E-state index contributed by atoms with van der Waals surface area (Å²) < 4.78 is 5.47. The van der Waals surface area contributed by atoms with Crippen molar-refractivity contribution in [1.29, 1.82) is 0 Å². The van der Waals surface area contributed by atoms with Gasteiger partial charge in [-0.3, -0.25) is 9.89 Å². The minimum atomic E-state index is 0. The molecule has 1 saturated carbocycles. The number of hydrogen-bond donors (Lipinski definition) is 1. The van der Waals surface area contributed by atoms with Crippen LogP contribution in [0, 0.1) is 5.92 Å². The highest BCUT2D eigenvalue weighted by atomic mass is 127. The van der Waals surface area contributed by atoms with Gasteiger partial charge in [0.2, 0.25) is 0 Å². The molecule has 3 fully saturated rings. The first-order valence-corrected chi connectivity index (χ1v) is 11.2. The van der Waals surface area contributed by atoms with E-state index in [1.807, 2.05) is 6.07 Å². The monoisotopic (exact) mass is 500 g/mol. The van der Waals surface area contributed by atoms with Crippen molar-refractivity contribution < 1.29 is 4.42 Å². The molecule has 6 heteroatoms. The first-order chi connectivity index (χ1) is 13.3. The standard InChI is InChI=1S/C22H36N4O.HI/c1-2-3-12-23-22(24-13-10-20-7-5-16-27-20)25-15-11-21-18(17-25)6-4-14-26(21)19-8-9-19;/h5,7,16,18-19,21H,2-4,6,8-15,17H2,1H3,(H,23,24);1H. The van der Waals surface area contributed by atoms with Crippen molar-refractivity contribution in [1.82, 2.24) is 15.1 Å². The molecule has 0 amide bonds. The van der Waals surface area contributed by atoms with Gasteiger partial charge >= 0.3 is 0 Å². The molecule has 0 aromatic carbocycles. The van der Waals surface area contributed by atoms with E-state index in [1.165, 1.54) is 58.0 Å². The summed E-state index contributed by atoms with van der Waals surface area (Å²) in [5.74, 6) is 2.98. The Morgan fingerprint density at radius 1 is 1.25 bits per heavy atom. The average molecular weight is 500 g/mol. The number of piperidine rings is 2. The molecule has 0 radical (unpaired) electrons. The Kier molecular flexibility index (Phi) is 8.51. The summed E-state index contributed by atoms with van der Waals surface area (Å²) in [4.78, 5) is 10.3. The van der Waals surface area contributed by atoms with Crippen LogP contribution < -0.4 is 5.32 Å². The normalized spacial score (nSPS) is 25.9. The van der Waals surface area contributed by atoms with E-state index in [2.05, 4.69) is 28.1 Å². The molecule has 3 heterocycles. The van der Waals surface area contributed by atoms with Gasteiger partial charge in [0.05, 0.1) is 6.26 Å². The van der Waals surface area contributed by atoms with Crippen LogP contribution in [0.2, 0.25) is 0 Å². The van der Waals surface area contributed by atoms with Gasteiger partial charge < -0.3 is 14.6 Å². The number of nitrogens with one attached hydrogen (secondary N) is 1. The van der Waals surface area contributed by atoms with E-state index in [0.29, 0.717) is 0 Å². The van der Waals surface area contributed by atoms with Crippen molar-refractivity contribution in [3.05, 3.63) is 24.2 Å². The summed E-state index contributed by atoms with van der Waals surface area (Å²) in [5, 5.41) is 3.63. The van der Waals surface area contributed by atoms with Gasteiger partial charge in [-0.05, 0) is 63.1 Å². The van der Waals surface area contributed by atoms with Gasteiger partial charge in [-0.1, -0.05) is 13.3 Å². The van der Waals surface area contributed by atoms with Crippen molar-refractivity contribution in [3.8, 4) is 0 Å². The Balaban J connectivity index is 0.00000225. The zero-order chi connectivity index (χ0) is 18.5. The summed E-state index contributed by atoms with van der Waals surface area (Å²) in [7, 11) is 0. The van der Waals surface area contributed by atoms with Crippen LogP contribution >= 0.6 is 24.0 Å². The quantitative estimate of drug-likeness (QED) is 0.265. The average Bonchev–Trinajstić information content (AvgIpc) is 3.42. The Hall–Kier alpha value is -0.760. The highest BCUT2D eigenvalue weighted by Crippen LogP contribution is 2.38. The zero-order valence-electron chi connectivity index (χ0n) is 17.3. The lowest BCUT2D eigenvalue weighted by Crippen LogP contribution is -2.57. The number of hydrogen-bond acceptors (Lipinski definition) is 3. The van der Waals surface area contributed by atoms with Crippen molar-refractivity contribution in [3.63, 3.8) is 0 Å². The number of guanidine groups is 1. The number of fused-ring (bicyclic) bond motifs is 1. The van der Waals surface area contributed by atoms with Crippen LogP contribution in [0.25, 0.3) is 0 Å². The van der Waals surface area contributed by atoms with E-state index in [4.69, 9.17) is 9.41 Å². The molecule has 2 atom stereocenters. The van der Waals surface area contributed by atoms with Crippen molar-refractivity contribution in [2.24, 2.45) is 10.9 Å². The fraction of sp³-hybridized carbons (Fsp3) is 0.773. The topological polar surface area (TPSA) is 44.0 Å². The first kappa shape index (κ1) is 21.9. The molecule has 2 unspecified atom stereocenters. The largest absolute Gasteiger partial charge is 0.469 e. The molecule has 1 aromatic rings. The summed E-state index contributed by atoms with van der Waals surface area (Å²) in [6.07, 6.45) is 12.0. The Morgan fingerprint density at radius 2 is 2.14 bits per heavy atom. The molecule has 1 N–H and O–H groups in total. The molecular formula is C22H37IN4O. The summed E-state index contributed by atoms with van der Waals surface area (Å²) in [6.45, 7) is 7.70. The van der Waals surface area contributed by atoms with Crippen LogP contribution in [0.15, 0.2) is 27.8 Å². The Bertz CT molecular complexity index is 602. The van der Waals surface area contributed by atoms with E-state index in [1.54, 1.807) is 6.26 Å². The smallest absolute Gasteiger partial charge is 0.193 e. The maximum absolute atomic E-state index is 5.47. The maximum atomic E-state index is 5.47. The molecule has 0 bridgehead atoms. The van der Waals surface area contributed by atoms with Crippen LogP contribution in [-0.2, 0) is 6.42 Å². The number of unbranched alkanes of at least 4 members (excludes halogenated alkanes) is 1. The lowest BCUT2D eigenvalue weighted by Gasteiger charge is -2.48. The van der Waals surface area contributed by atoms with Gasteiger partial charge in [-0.15, -0.1) is 24.0 Å². The fourth-order valence-electron chi connectivity index (χ4n) is 4.86. The first-order valence-electron chi connectivity index (χ1n) is 11.2. The maximum Gasteiger partial charge on any atom is 0.193 e. The van der Waals surface area contributed by atoms with Gasteiger partial charge in [0.25, 0.3) is 0 Å². The third kappa shape index (κ3) is 5.65. The van der Waals surface area contributed by atoms with Crippen molar-refractivity contribution in [2.45, 2.75) is 70.4 Å². The highest BCUT2D eigenvalue weighted by Gasteiger charge is 2.42. The summed E-state index contributed by atoms with van der Waals surface area (Å²) in [5.41, 5.74) is 0. The molecule has 4 rings (SSSR count).